The molecule has 1 aromatic carbocycles. The van der Waals surface area contributed by atoms with Gasteiger partial charge >= 0.3 is 0 Å². The van der Waals surface area contributed by atoms with E-state index in [9.17, 15) is 9.18 Å². The number of halogens is 1. The van der Waals surface area contributed by atoms with Crippen molar-refractivity contribution in [2.45, 2.75) is 19.3 Å². The molecule has 0 bridgehead atoms. The summed E-state index contributed by atoms with van der Waals surface area (Å²) in [5.74, 6) is 0.301. The maximum Gasteiger partial charge on any atom is 0.253 e. The monoisotopic (exact) mass is 298 g/mol. The van der Waals surface area contributed by atoms with E-state index >= 15 is 0 Å². The highest BCUT2D eigenvalue weighted by Crippen LogP contribution is 2.22. The number of hydrogen-bond donors (Lipinski definition) is 0. The van der Waals surface area contributed by atoms with Crippen LogP contribution < -0.4 is 0 Å². The van der Waals surface area contributed by atoms with Gasteiger partial charge in [-0.25, -0.2) is 4.39 Å². The maximum absolute atomic E-state index is 12.9. The van der Waals surface area contributed by atoms with Crippen molar-refractivity contribution in [2.24, 2.45) is 5.92 Å². The Balaban J connectivity index is 1.55. The molecule has 22 heavy (non-hydrogen) atoms. The highest BCUT2D eigenvalue weighted by atomic mass is 19.1. The molecule has 2 heterocycles. The number of amides is 1. The number of benzene rings is 1. The molecule has 0 radical (unpaired) electrons. The summed E-state index contributed by atoms with van der Waals surface area (Å²) in [6.07, 6.45) is 6.71. The van der Waals surface area contributed by atoms with E-state index in [-0.39, 0.29) is 11.7 Å². The molecular formula is C18H19FN2O. The lowest BCUT2D eigenvalue weighted by atomic mass is 9.90. The Morgan fingerprint density at radius 3 is 2.36 bits per heavy atom. The zero-order chi connectivity index (χ0) is 15.4. The first-order chi connectivity index (χ1) is 10.7. The van der Waals surface area contributed by atoms with Gasteiger partial charge < -0.3 is 4.90 Å². The molecule has 1 aliphatic rings. The Bertz CT molecular complexity index is 619. The van der Waals surface area contributed by atoms with E-state index in [2.05, 4.69) is 17.1 Å². The van der Waals surface area contributed by atoms with E-state index in [1.807, 2.05) is 17.3 Å². The first-order valence-corrected chi connectivity index (χ1v) is 7.66. The molecule has 114 valence electrons. The Hall–Kier alpha value is -2.23. The summed E-state index contributed by atoms with van der Waals surface area (Å²) in [4.78, 5) is 18.3. The minimum Gasteiger partial charge on any atom is -0.339 e. The van der Waals surface area contributed by atoms with Crippen molar-refractivity contribution < 1.29 is 9.18 Å². The molecule has 1 saturated heterocycles. The smallest absolute Gasteiger partial charge is 0.253 e. The van der Waals surface area contributed by atoms with Crippen LogP contribution in [0.25, 0.3) is 0 Å². The Morgan fingerprint density at radius 1 is 1.09 bits per heavy atom. The largest absolute Gasteiger partial charge is 0.339 e. The molecule has 0 unspecified atom stereocenters. The third-order valence-corrected chi connectivity index (χ3v) is 4.27. The molecule has 1 amide bonds. The molecule has 0 N–H and O–H groups in total. The van der Waals surface area contributed by atoms with E-state index in [1.165, 1.54) is 17.7 Å². The summed E-state index contributed by atoms with van der Waals surface area (Å²) in [6, 6.07) is 9.89. The predicted molar refractivity (Wildman–Crippen MR) is 83.0 cm³/mol. The van der Waals surface area contributed by atoms with E-state index in [1.54, 1.807) is 12.1 Å². The van der Waals surface area contributed by atoms with Crippen LogP contribution in [-0.2, 0) is 6.42 Å². The molecule has 3 nitrogen and oxygen atoms in total. The Morgan fingerprint density at radius 2 is 1.73 bits per heavy atom. The van der Waals surface area contributed by atoms with Gasteiger partial charge in [0.05, 0.1) is 0 Å². The van der Waals surface area contributed by atoms with Crippen LogP contribution in [0.2, 0.25) is 0 Å². The number of pyridine rings is 1. The summed E-state index contributed by atoms with van der Waals surface area (Å²) >= 11 is 0. The summed E-state index contributed by atoms with van der Waals surface area (Å²) in [6.45, 7) is 1.54. The molecule has 1 fully saturated rings. The zero-order valence-electron chi connectivity index (χ0n) is 12.4. The first kappa shape index (κ1) is 14.7. The minimum absolute atomic E-state index is 0.00219. The maximum atomic E-state index is 12.9. The van der Waals surface area contributed by atoms with Gasteiger partial charge in [0, 0.05) is 31.0 Å². The average molecular weight is 298 g/mol. The predicted octanol–water partition coefficient (Wildman–Crippen LogP) is 3.32. The summed E-state index contributed by atoms with van der Waals surface area (Å²) in [5, 5.41) is 0. The van der Waals surface area contributed by atoms with Gasteiger partial charge in [0.1, 0.15) is 5.82 Å². The number of likely N-dealkylation sites (tertiary alicyclic amines) is 1. The molecule has 0 aliphatic carbocycles. The van der Waals surface area contributed by atoms with E-state index in [4.69, 9.17) is 0 Å². The van der Waals surface area contributed by atoms with Crippen molar-refractivity contribution in [1.29, 1.82) is 0 Å². The van der Waals surface area contributed by atoms with Gasteiger partial charge in [0.15, 0.2) is 0 Å². The number of aromatic nitrogens is 1. The van der Waals surface area contributed by atoms with Crippen molar-refractivity contribution in [3.05, 3.63) is 65.7 Å². The second kappa shape index (κ2) is 6.69. The average Bonchev–Trinajstić information content (AvgIpc) is 2.57. The summed E-state index contributed by atoms with van der Waals surface area (Å²) in [5.41, 5.74) is 1.87. The second-order valence-corrected chi connectivity index (χ2v) is 5.80. The fourth-order valence-corrected chi connectivity index (χ4v) is 2.97. The van der Waals surface area contributed by atoms with Gasteiger partial charge in [-0.05, 0) is 67.1 Å². The van der Waals surface area contributed by atoms with Gasteiger partial charge in [-0.2, -0.15) is 0 Å². The molecule has 3 rings (SSSR count). The molecule has 2 aromatic rings. The van der Waals surface area contributed by atoms with Crippen LogP contribution in [0.1, 0.15) is 28.8 Å². The molecule has 1 aromatic heterocycles. The second-order valence-electron chi connectivity index (χ2n) is 5.80. The lowest BCUT2D eigenvalue weighted by Crippen LogP contribution is -2.38. The number of nitrogens with zero attached hydrogens (tertiary/aromatic N) is 2. The molecule has 1 aliphatic heterocycles. The SMILES string of the molecule is O=C(c1ccc(F)cc1)N1CCC(Cc2ccncc2)CC1. The van der Waals surface area contributed by atoms with Gasteiger partial charge in [-0.15, -0.1) is 0 Å². The van der Waals surface area contributed by atoms with Gasteiger partial charge in [-0.1, -0.05) is 0 Å². The van der Waals surface area contributed by atoms with Crippen LogP contribution in [0, 0.1) is 11.7 Å². The minimum atomic E-state index is -0.312. The van der Waals surface area contributed by atoms with E-state index < -0.39 is 0 Å². The van der Waals surface area contributed by atoms with Crippen LogP contribution in [0.15, 0.2) is 48.8 Å². The van der Waals surface area contributed by atoms with Crippen molar-refractivity contribution >= 4 is 5.91 Å². The standard InChI is InChI=1S/C18H19FN2O/c19-17-3-1-16(2-4-17)18(22)21-11-7-15(8-12-21)13-14-5-9-20-10-6-14/h1-6,9-10,15H,7-8,11-13H2. The highest BCUT2D eigenvalue weighted by molar-refractivity contribution is 5.94. The molecule has 4 heteroatoms. The van der Waals surface area contributed by atoms with Crippen LogP contribution in [0.3, 0.4) is 0 Å². The van der Waals surface area contributed by atoms with Crippen molar-refractivity contribution in [3.63, 3.8) is 0 Å². The zero-order valence-corrected chi connectivity index (χ0v) is 12.4. The van der Waals surface area contributed by atoms with E-state index in [0.717, 1.165) is 32.4 Å². The third-order valence-electron chi connectivity index (χ3n) is 4.27. The number of hydrogen-bond acceptors (Lipinski definition) is 2. The first-order valence-electron chi connectivity index (χ1n) is 7.66. The van der Waals surface area contributed by atoms with Gasteiger partial charge in [0.25, 0.3) is 5.91 Å². The van der Waals surface area contributed by atoms with Crippen molar-refractivity contribution in [1.82, 2.24) is 9.88 Å². The topological polar surface area (TPSA) is 33.2 Å². The number of rotatable bonds is 3. The fourth-order valence-electron chi connectivity index (χ4n) is 2.97. The number of carbonyl (C=O) groups excluding carboxylic acids is 1. The summed E-state index contributed by atoms with van der Waals surface area (Å²) in [7, 11) is 0. The van der Waals surface area contributed by atoms with Crippen LogP contribution in [0.4, 0.5) is 4.39 Å². The normalized spacial score (nSPS) is 15.8. The highest BCUT2D eigenvalue weighted by Gasteiger charge is 2.23. The molecule has 0 spiro atoms. The molecule has 0 atom stereocenters. The summed E-state index contributed by atoms with van der Waals surface area (Å²) < 4.78 is 12.9. The Kier molecular flexibility index (Phi) is 4.47. The van der Waals surface area contributed by atoms with Crippen LogP contribution in [0.5, 0.6) is 0 Å². The van der Waals surface area contributed by atoms with E-state index in [0.29, 0.717) is 11.5 Å². The quantitative estimate of drug-likeness (QED) is 0.871. The third kappa shape index (κ3) is 3.50. The van der Waals surface area contributed by atoms with Crippen LogP contribution >= 0.6 is 0 Å². The fraction of sp³-hybridized carbons (Fsp3) is 0.333. The van der Waals surface area contributed by atoms with Crippen LogP contribution in [-0.4, -0.2) is 28.9 Å². The Labute approximate surface area is 129 Å². The van der Waals surface area contributed by atoms with Gasteiger partial charge in [-0.3, -0.25) is 9.78 Å². The van der Waals surface area contributed by atoms with Gasteiger partial charge in [0.2, 0.25) is 0 Å². The number of carbonyl (C=O) groups is 1. The lowest BCUT2D eigenvalue weighted by Gasteiger charge is -2.32. The molecule has 0 saturated carbocycles. The molecular weight excluding hydrogens is 279 g/mol. The van der Waals surface area contributed by atoms with Crippen molar-refractivity contribution in [3.8, 4) is 0 Å². The van der Waals surface area contributed by atoms with Crippen molar-refractivity contribution in [2.75, 3.05) is 13.1 Å². The lowest BCUT2D eigenvalue weighted by molar-refractivity contribution is 0.0690. The number of piperidine rings is 1.